The topological polar surface area (TPSA) is 50.2 Å². The highest BCUT2D eigenvalue weighted by Gasteiger charge is 2.30. The van der Waals surface area contributed by atoms with Crippen LogP contribution in [0.1, 0.15) is 16.8 Å². The van der Waals surface area contributed by atoms with Crippen LogP contribution < -0.4 is 5.32 Å². The van der Waals surface area contributed by atoms with Gasteiger partial charge in [0.2, 0.25) is 0 Å². The summed E-state index contributed by atoms with van der Waals surface area (Å²) in [5.74, 6) is 0. The van der Waals surface area contributed by atoms with Crippen LogP contribution in [0, 0.1) is 6.92 Å². The van der Waals surface area contributed by atoms with Crippen LogP contribution in [0.4, 0.5) is 23.7 Å². The fourth-order valence-corrected chi connectivity index (χ4v) is 2.02. The Morgan fingerprint density at radius 2 is 2.09 bits per heavy atom. The molecule has 1 N–H and O–H groups in total. The van der Waals surface area contributed by atoms with Gasteiger partial charge in [0.05, 0.1) is 18.3 Å². The van der Waals surface area contributed by atoms with Crippen molar-refractivity contribution in [3.8, 4) is 0 Å². The number of carbonyl (C=O) groups is 1. The van der Waals surface area contributed by atoms with E-state index in [2.05, 4.69) is 10.4 Å². The lowest BCUT2D eigenvalue weighted by Gasteiger charge is -2.18. The van der Waals surface area contributed by atoms with E-state index in [1.54, 1.807) is 25.0 Å². The minimum atomic E-state index is -4.44. The third kappa shape index (κ3) is 4.02. The summed E-state index contributed by atoms with van der Waals surface area (Å²) < 4.78 is 39.7. The van der Waals surface area contributed by atoms with Crippen LogP contribution in [0.15, 0.2) is 30.5 Å². The van der Waals surface area contributed by atoms with Crippen LogP contribution in [0.5, 0.6) is 0 Å². The number of nitrogens with one attached hydrogen (secondary N) is 1. The van der Waals surface area contributed by atoms with Crippen molar-refractivity contribution in [1.82, 2.24) is 14.7 Å². The summed E-state index contributed by atoms with van der Waals surface area (Å²) in [6.45, 7) is 2.19. The Hall–Kier alpha value is -2.51. The number of amides is 2. The minimum Gasteiger partial charge on any atom is -0.323 e. The summed E-state index contributed by atoms with van der Waals surface area (Å²) in [4.78, 5) is 13.5. The lowest BCUT2D eigenvalue weighted by Crippen LogP contribution is -2.31. The van der Waals surface area contributed by atoms with Crippen LogP contribution in [0.3, 0.4) is 0 Å². The Bertz CT molecular complexity index is 709. The zero-order valence-corrected chi connectivity index (χ0v) is 13.0. The number of alkyl halides is 3. The van der Waals surface area contributed by atoms with E-state index in [4.69, 9.17) is 0 Å². The number of rotatable bonds is 3. The predicted molar refractivity (Wildman–Crippen MR) is 79.9 cm³/mol. The van der Waals surface area contributed by atoms with Gasteiger partial charge in [0.25, 0.3) is 0 Å². The first-order valence-corrected chi connectivity index (χ1v) is 6.85. The van der Waals surface area contributed by atoms with E-state index in [0.717, 1.165) is 23.4 Å². The number of aromatic nitrogens is 2. The fourth-order valence-electron chi connectivity index (χ4n) is 2.02. The molecular weight excluding hydrogens is 309 g/mol. The molecule has 2 amide bonds. The van der Waals surface area contributed by atoms with Crippen LogP contribution in [0.25, 0.3) is 0 Å². The van der Waals surface area contributed by atoms with Crippen LogP contribution in [-0.2, 0) is 19.8 Å². The molecule has 0 saturated heterocycles. The average molecular weight is 326 g/mol. The molecule has 0 aliphatic heterocycles. The van der Waals surface area contributed by atoms with E-state index in [-0.39, 0.29) is 5.69 Å². The molecule has 0 unspecified atom stereocenters. The molecule has 0 fully saturated rings. The number of halogens is 3. The number of hydrogen-bond donors (Lipinski definition) is 1. The molecule has 1 aromatic heterocycles. The first kappa shape index (κ1) is 16.9. The molecule has 0 aliphatic carbocycles. The SMILES string of the molecule is Cc1c(CN(C)C(=O)Nc2cccc(C(F)(F)F)c2)cnn1C. The first-order valence-electron chi connectivity index (χ1n) is 6.85. The van der Waals surface area contributed by atoms with E-state index >= 15 is 0 Å². The molecule has 0 aliphatic rings. The number of urea groups is 1. The second-order valence-corrected chi connectivity index (χ2v) is 5.24. The maximum Gasteiger partial charge on any atom is 0.416 e. The summed E-state index contributed by atoms with van der Waals surface area (Å²) >= 11 is 0. The summed E-state index contributed by atoms with van der Waals surface area (Å²) in [5, 5.41) is 6.54. The van der Waals surface area contributed by atoms with Gasteiger partial charge in [-0.3, -0.25) is 4.68 Å². The van der Waals surface area contributed by atoms with Crippen LogP contribution in [-0.4, -0.2) is 27.8 Å². The number of carbonyl (C=O) groups excluding carboxylic acids is 1. The first-order chi connectivity index (χ1) is 10.7. The Kier molecular flexibility index (Phi) is 4.63. The predicted octanol–water partition coefficient (Wildman–Crippen LogP) is 3.41. The number of hydrogen-bond acceptors (Lipinski definition) is 2. The normalized spacial score (nSPS) is 11.4. The van der Waals surface area contributed by atoms with Crippen molar-refractivity contribution in [3.63, 3.8) is 0 Å². The average Bonchev–Trinajstić information content (AvgIpc) is 2.78. The van der Waals surface area contributed by atoms with Gasteiger partial charge in [-0.25, -0.2) is 4.79 Å². The van der Waals surface area contributed by atoms with E-state index < -0.39 is 17.8 Å². The molecule has 0 bridgehead atoms. The van der Waals surface area contributed by atoms with Crippen molar-refractivity contribution < 1.29 is 18.0 Å². The van der Waals surface area contributed by atoms with Crippen LogP contribution in [0.2, 0.25) is 0 Å². The quantitative estimate of drug-likeness (QED) is 0.940. The van der Waals surface area contributed by atoms with Crippen molar-refractivity contribution in [2.45, 2.75) is 19.6 Å². The molecule has 2 aromatic rings. The monoisotopic (exact) mass is 326 g/mol. The highest BCUT2D eigenvalue weighted by Crippen LogP contribution is 2.30. The molecule has 124 valence electrons. The molecule has 8 heteroatoms. The molecule has 0 spiro atoms. The molecular formula is C15H17F3N4O. The number of nitrogens with zero attached hydrogens (tertiary/aromatic N) is 3. The number of aryl methyl sites for hydroxylation is 1. The van der Waals surface area contributed by atoms with E-state index in [1.807, 2.05) is 6.92 Å². The third-order valence-electron chi connectivity index (χ3n) is 3.53. The van der Waals surface area contributed by atoms with Crippen molar-refractivity contribution in [1.29, 1.82) is 0 Å². The third-order valence-corrected chi connectivity index (χ3v) is 3.53. The van der Waals surface area contributed by atoms with E-state index in [0.29, 0.717) is 6.54 Å². The second-order valence-electron chi connectivity index (χ2n) is 5.24. The summed E-state index contributed by atoms with van der Waals surface area (Å²) in [6, 6.07) is 4.03. The highest BCUT2D eigenvalue weighted by atomic mass is 19.4. The minimum absolute atomic E-state index is 0.0968. The van der Waals surface area contributed by atoms with Crippen molar-refractivity contribution >= 4 is 11.7 Å². The summed E-state index contributed by atoms with van der Waals surface area (Å²) in [6.07, 6.45) is -2.79. The molecule has 0 saturated carbocycles. The summed E-state index contributed by atoms with van der Waals surface area (Å²) in [5.41, 5.74) is 1.08. The van der Waals surface area contributed by atoms with Gasteiger partial charge in [0, 0.05) is 31.0 Å². The van der Waals surface area contributed by atoms with E-state index in [1.165, 1.54) is 17.0 Å². The summed E-state index contributed by atoms with van der Waals surface area (Å²) in [7, 11) is 3.36. The maximum absolute atomic E-state index is 12.7. The Morgan fingerprint density at radius 3 is 2.65 bits per heavy atom. The largest absolute Gasteiger partial charge is 0.416 e. The molecule has 2 rings (SSSR count). The molecule has 0 radical (unpaired) electrons. The number of benzene rings is 1. The Balaban J connectivity index is 2.05. The molecule has 1 heterocycles. The van der Waals surface area contributed by atoms with Gasteiger partial charge in [-0.05, 0) is 25.1 Å². The lowest BCUT2D eigenvalue weighted by atomic mass is 10.2. The van der Waals surface area contributed by atoms with Gasteiger partial charge in [-0.15, -0.1) is 0 Å². The van der Waals surface area contributed by atoms with Gasteiger partial charge >= 0.3 is 12.2 Å². The lowest BCUT2D eigenvalue weighted by molar-refractivity contribution is -0.137. The standard InChI is InChI=1S/C15H17F3N4O/c1-10-11(8-19-22(10)3)9-21(2)14(23)20-13-6-4-5-12(7-13)15(16,17)18/h4-8H,9H2,1-3H3,(H,20,23). The van der Waals surface area contributed by atoms with Gasteiger partial charge in [-0.2, -0.15) is 18.3 Å². The Morgan fingerprint density at radius 1 is 1.39 bits per heavy atom. The maximum atomic E-state index is 12.7. The zero-order valence-electron chi connectivity index (χ0n) is 13.0. The van der Waals surface area contributed by atoms with Gasteiger partial charge in [0.1, 0.15) is 0 Å². The number of anilines is 1. The second kappa shape index (κ2) is 6.31. The van der Waals surface area contributed by atoms with Gasteiger partial charge < -0.3 is 10.2 Å². The van der Waals surface area contributed by atoms with Crippen molar-refractivity contribution in [3.05, 3.63) is 47.3 Å². The molecule has 0 atom stereocenters. The van der Waals surface area contributed by atoms with Crippen molar-refractivity contribution in [2.75, 3.05) is 12.4 Å². The van der Waals surface area contributed by atoms with Gasteiger partial charge in [0.15, 0.2) is 0 Å². The smallest absolute Gasteiger partial charge is 0.323 e. The zero-order chi connectivity index (χ0) is 17.2. The highest BCUT2D eigenvalue weighted by molar-refractivity contribution is 5.89. The van der Waals surface area contributed by atoms with Crippen LogP contribution >= 0.6 is 0 Å². The molecule has 1 aromatic carbocycles. The van der Waals surface area contributed by atoms with Crippen molar-refractivity contribution in [2.24, 2.45) is 7.05 Å². The molecule has 5 nitrogen and oxygen atoms in total. The Labute approximate surface area is 131 Å². The van der Waals surface area contributed by atoms with Gasteiger partial charge in [-0.1, -0.05) is 6.07 Å². The molecule has 23 heavy (non-hydrogen) atoms. The van der Waals surface area contributed by atoms with E-state index in [9.17, 15) is 18.0 Å². The fraction of sp³-hybridized carbons (Fsp3) is 0.333.